The summed E-state index contributed by atoms with van der Waals surface area (Å²) >= 11 is 0. The minimum Gasteiger partial charge on any atom is -0.494 e. The lowest BCUT2D eigenvalue weighted by molar-refractivity contribution is 0.122. The van der Waals surface area contributed by atoms with Crippen LogP contribution < -0.4 is 0 Å². The van der Waals surface area contributed by atoms with Crippen molar-refractivity contribution >= 4 is 0 Å². The second kappa shape index (κ2) is 14.2. The highest BCUT2D eigenvalue weighted by molar-refractivity contribution is 5.32. The summed E-state index contributed by atoms with van der Waals surface area (Å²) in [5.74, 6) is -1.76. The first-order valence-corrected chi connectivity index (χ1v) is 12.4. The number of aliphatic hydroxyl groups is 1. The summed E-state index contributed by atoms with van der Waals surface area (Å²) in [6.07, 6.45) is 8.34. The van der Waals surface area contributed by atoms with Crippen LogP contribution in [0.15, 0.2) is 61.4 Å². The third kappa shape index (κ3) is 8.31. The Balaban J connectivity index is 0.00000137. The molecule has 1 aromatic carbocycles. The fourth-order valence-corrected chi connectivity index (χ4v) is 4.82. The van der Waals surface area contributed by atoms with Crippen molar-refractivity contribution in [2.45, 2.75) is 76.2 Å². The number of hydrogen-bond donors (Lipinski definition) is 1. The lowest BCUT2D eigenvalue weighted by Gasteiger charge is -2.30. The molecule has 1 aromatic rings. The zero-order valence-electron chi connectivity index (χ0n) is 21.0. The Morgan fingerprint density at radius 2 is 1.43 bits per heavy atom. The highest BCUT2D eigenvalue weighted by atomic mass is 19.2. The summed E-state index contributed by atoms with van der Waals surface area (Å²) < 4.78 is 53.8. The standard InChI is InChI=1S/C26H33F3O3.C3H6/c1-16(14-24(27)17(2)31-3)32-15-18-4-6-19(7-5-18)22-12-13-23(26(29)25(22)28)20-8-10-21(30)11-9-20;1-3-2/h12-14,18-21,30H,1-2,4-11,15H2,3H3;3H,1H2,2H3/b24-14+;. The van der Waals surface area contributed by atoms with Gasteiger partial charge in [-0.2, -0.15) is 0 Å². The quantitative estimate of drug-likeness (QED) is 0.227. The van der Waals surface area contributed by atoms with Gasteiger partial charge in [-0.3, -0.25) is 0 Å². The molecule has 2 aliphatic carbocycles. The first-order chi connectivity index (χ1) is 16.7. The van der Waals surface area contributed by atoms with Gasteiger partial charge in [0.1, 0.15) is 11.5 Å². The van der Waals surface area contributed by atoms with Gasteiger partial charge in [-0.15, -0.1) is 6.58 Å². The van der Waals surface area contributed by atoms with Crippen molar-refractivity contribution in [3.05, 3.63) is 84.1 Å². The van der Waals surface area contributed by atoms with Gasteiger partial charge in [-0.05, 0) is 87.2 Å². The Hall–Kier alpha value is -2.47. The zero-order chi connectivity index (χ0) is 26.0. The lowest BCUT2D eigenvalue weighted by atomic mass is 9.77. The highest BCUT2D eigenvalue weighted by Crippen LogP contribution is 2.40. The van der Waals surface area contributed by atoms with E-state index in [0.717, 1.165) is 31.8 Å². The molecule has 0 saturated heterocycles. The van der Waals surface area contributed by atoms with Gasteiger partial charge < -0.3 is 14.6 Å². The van der Waals surface area contributed by atoms with E-state index in [2.05, 4.69) is 19.7 Å². The maximum absolute atomic E-state index is 14.9. The maximum atomic E-state index is 14.9. The zero-order valence-corrected chi connectivity index (χ0v) is 21.0. The molecule has 2 fully saturated rings. The highest BCUT2D eigenvalue weighted by Gasteiger charge is 2.29. The SMILES string of the molecule is C=C(/C=C(/F)C(=C)OC)OCC1CCC(c2ccc(C3CCC(O)CC3)c(F)c2F)CC1.C=CC. The predicted molar refractivity (Wildman–Crippen MR) is 135 cm³/mol. The van der Waals surface area contributed by atoms with Crippen LogP contribution in [0, 0.1) is 17.6 Å². The lowest BCUT2D eigenvalue weighted by Crippen LogP contribution is -2.20. The second-order valence-corrected chi connectivity index (χ2v) is 9.40. The monoisotopic (exact) mass is 492 g/mol. The minimum atomic E-state index is -0.725. The third-order valence-electron chi connectivity index (χ3n) is 6.87. The van der Waals surface area contributed by atoms with Gasteiger partial charge in [0.25, 0.3) is 0 Å². The van der Waals surface area contributed by atoms with E-state index in [4.69, 9.17) is 9.47 Å². The van der Waals surface area contributed by atoms with Crippen LogP contribution in [0.3, 0.4) is 0 Å². The number of benzene rings is 1. The van der Waals surface area contributed by atoms with Crippen LogP contribution in [0.5, 0.6) is 0 Å². The van der Waals surface area contributed by atoms with Crippen molar-refractivity contribution in [2.24, 2.45) is 5.92 Å². The van der Waals surface area contributed by atoms with E-state index < -0.39 is 17.5 Å². The third-order valence-corrected chi connectivity index (χ3v) is 6.87. The number of rotatable bonds is 8. The van der Waals surface area contributed by atoms with Crippen molar-refractivity contribution in [3.63, 3.8) is 0 Å². The molecule has 0 radical (unpaired) electrons. The Bertz CT molecular complexity index is 893. The molecule has 0 unspecified atom stereocenters. The Labute approximate surface area is 208 Å². The van der Waals surface area contributed by atoms with E-state index in [1.165, 1.54) is 7.11 Å². The molecular formula is C29H39F3O3. The average molecular weight is 493 g/mol. The van der Waals surface area contributed by atoms with Gasteiger partial charge in [0.15, 0.2) is 17.5 Å². The molecule has 0 aromatic heterocycles. The van der Waals surface area contributed by atoms with Crippen LogP contribution in [-0.4, -0.2) is 24.9 Å². The summed E-state index contributed by atoms with van der Waals surface area (Å²) in [5, 5.41) is 9.66. The fourth-order valence-electron chi connectivity index (χ4n) is 4.82. The van der Waals surface area contributed by atoms with Crippen molar-refractivity contribution in [1.29, 1.82) is 0 Å². The van der Waals surface area contributed by atoms with Crippen molar-refractivity contribution in [1.82, 2.24) is 0 Å². The molecule has 35 heavy (non-hydrogen) atoms. The van der Waals surface area contributed by atoms with E-state index >= 15 is 0 Å². The summed E-state index contributed by atoms with van der Waals surface area (Å²) in [5.41, 5.74) is 0.893. The van der Waals surface area contributed by atoms with Gasteiger partial charge >= 0.3 is 0 Å². The molecule has 1 N–H and O–H groups in total. The van der Waals surface area contributed by atoms with Crippen LogP contribution in [0.4, 0.5) is 13.2 Å². The summed E-state index contributed by atoms with van der Waals surface area (Å²) in [4.78, 5) is 0. The van der Waals surface area contributed by atoms with Gasteiger partial charge in [-0.1, -0.05) is 31.4 Å². The van der Waals surface area contributed by atoms with Gasteiger partial charge in [0.05, 0.1) is 19.8 Å². The van der Waals surface area contributed by atoms with Crippen molar-refractivity contribution < 1.29 is 27.8 Å². The van der Waals surface area contributed by atoms with E-state index in [0.29, 0.717) is 43.4 Å². The average Bonchev–Trinajstić information content (AvgIpc) is 2.85. The number of methoxy groups -OCH3 is 1. The maximum Gasteiger partial charge on any atom is 0.168 e. The van der Waals surface area contributed by atoms with E-state index in [1.54, 1.807) is 18.2 Å². The molecule has 2 aliphatic rings. The number of allylic oxidation sites excluding steroid dienone is 3. The second-order valence-electron chi connectivity index (χ2n) is 9.40. The molecule has 0 atom stereocenters. The van der Waals surface area contributed by atoms with Gasteiger partial charge in [0.2, 0.25) is 0 Å². The Morgan fingerprint density at radius 1 is 0.971 bits per heavy atom. The number of halogens is 3. The molecule has 0 amide bonds. The molecule has 0 bridgehead atoms. The topological polar surface area (TPSA) is 38.7 Å². The van der Waals surface area contributed by atoms with Crippen LogP contribution in [0.1, 0.15) is 81.3 Å². The van der Waals surface area contributed by atoms with Crippen LogP contribution in [0.25, 0.3) is 0 Å². The molecule has 194 valence electrons. The summed E-state index contributed by atoms with van der Waals surface area (Å²) in [6.45, 7) is 12.8. The van der Waals surface area contributed by atoms with E-state index in [9.17, 15) is 18.3 Å². The summed E-state index contributed by atoms with van der Waals surface area (Å²) in [6, 6.07) is 3.49. The molecule has 3 nitrogen and oxygen atoms in total. The van der Waals surface area contributed by atoms with Crippen LogP contribution >= 0.6 is 0 Å². The molecule has 0 spiro atoms. The Morgan fingerprint density at radius 3 is 1.89 bits per heavy atom. The Kier molecular flexibility index (Phi) is 11.7. The molecule has 0 aliphatic heterocycles. The molecule has 6 heteroatoms. The van der Waals surface area contributed by atoms with Gasteiger partial charge in [0, 0.05) is 6.08 Å². The van der Waals surface area contributed by atoms with Crippen LogP contribution in [-0.2, 0) is 9.47 Å². The first kappa shape index (κ1) is 28.8. The van der Waals surface area contributed by atoms with E-state index in [1.807, 2.05) is 6.92 Å². The molecule has 2 saturated carbocycles. The minimum absolute atomic E-state index is 0.0199. The number of hydrogen-bond acceptors (Lipinski definition) is 3. The normalized spacial score (nSPS) is 24.6. The largest absolute Gasteiger partial charge is 0.494 e. The first-order valence-electron chi connectivity index (χ1n) is 12.4. The summed E-state index contributed by atoms with van der Waals surface area (Å²) in [7, 11) is 1.33. The number of ether oxygens (including phenoxy) is 2. The predicted octanol–water partition coefficient (Wildman–Crippen LogP) is 7.99. The molecule has 0 heterocycles. The van der Waals surface area contributed by atoms with Crippen molar-refractivity contribution in [3.8, 4) is 0 Å². The molecule has 3 rings (SSSR count). The molecular weight excluding hydrogens is 453 g/mol. The van der Waals surface area contributed by atoms with Crippen molar-refractivity contribution in [2.75, 3.05) is 13.7 Å². The fraction of sp³-hybridized carbons (Fsp3) is 0.517. The smallest absolute Gasteiger partial charge is 0.168 e. The van der Waals surface area contributed by atoms with E-state index in [-0.39, 0.29) is 35.4 Å². The number of aliphatic hydroxyl groups excluding tert-OH is 1. The van der Waals surface area contributed by atoms with Gasteiger partial charge in [-0.25, -0.2) is 13.2 Å². The van der Waals surface area contributed by atoms with Crippen LogP contribution in [0.2, 0.25) is 0 Å².